The van der Waals surface area contributed by atoms with E-state index in [1.807, 2.05) is 12.3 Å². The predicted molar refractivity (Wildman–Crippen MR) is 59.2 cm³/mol. The van der Waals surface area contributed by atoms with E-state index in [0.29, 0.717) is 5.16 Å². The molecule has 2 nitrogen and oxygen atoms in total. The third-order valence-electron chi connectivity index (χ3n) is 1.94. The molecule has 0 aliphatic heterocycles. The molecule has 0 amide bonds. The average molecular weight is 220 g/mol. The normalized spacial score (nSPS) is 10.3. The van der Waals surface area contributed by atoms with Crippen LogP contribution in [0.15, 0.2) is 41.7 Å². The van der Waals surface area contributed by atoms with E-state index >= 15 is 0 Å². The minimum Gasteiger partial charge on any atom is -0.231 e. The number of hydrogen-bond acceptors (Lipinski definition) is 3. The first-order valence-electron chi connectivity index (χ1n) is 4.42. The molecule has 0 fully saturated rings. The van der Waals surface area contributed by atoms with Crippen molar-refractivity contribution in [3.8, 4) is 11.3 Å². The summed E-state index contributed by atoms with van der Waals surface area (Å²) in [6.45, 7) is 0. The van der Waals surface area contributed by atoms with Gasteiger partial charge >= 0.3 is 0 Å². The van der Waals surface area contributed by atoms with Crippen molar-refractivity contribution in [1.82, 2.24) is 9.97 Å². The zero-order valence-electron chi connectivity index (χ0n) is 8.14. The molecule has 0 saturated heterocycles. The third-order valence-corrected chi connectivity index (χ3v) is 2.50. The molecule has 1 heterocycles. The Morgan fingerprint density at radius 2 is 2.13 bits per heavy atom. The van der Waals surface area contributed by atoms with Crippen LogP contribution in [0.4, 0.5) is 4.39 Å². The van der Waals surface area contributed by atoms with Gasteiger partial charge in [0.05, 0.1) is 5.69 Å². The molecule has 0 atom stereocenters. The van der Waals surface area contributed by atoms with Gasteiger partial charge in [-0.15, -0.1) is 0 Å². The lowest BCUT2D eigenvalue weighted by molar-refractivity contribution is 0.628. The summed E-state index contributed by atoms with van der Waals surface area (Å²) >= 11 is 1.47. The molecule has 0 N–H and O–H groups in total. The van der Waals surface area contributed by atoms with Crippen LogP contribution >= 0.6 is 11.8 Å². The van der Waals surface area contributed by atoms with Crippen molar-refractivity contribution in [2.24, 2.45) is 0 Å². The van der Waals surface area contributed by atoms with Gasteiger partial charge in [-0.2, -0.15) is 0 Å². The fourth-order valence-corrected chi connectivity index (χ4v) is 1.60. The van der Waals surface area contributed by atoms with Gasteiger partial charge in [0, 0.05) is 11.8 Å². The maximum atomic E-state index is 13.0. The van der Waals surface area contributed by atoms with E-state index in [1.165, 1.54) is 23.9 Å². The van der Waals surface area contributed by atoms with Crippen LogP contribution in [-0.2, 0) is 0 Å². The lowest BCUT2D eigenvalue weighted by Crippen LogP contribution is -1.89. The van der Waals surface area contributed by atoms with Gasteiger partial charge in [0.15, 0.2) is 5.16 Å². The first kappa shape index (κ1) is 10.1. The number of halogens is 1. The summed E-state index contributed by atoms with van der Waals surface area (Å²) in [5.41, 5.74) is 1.52. The van der Waals surface area contributed by atoms with Crippen LogP contribution in [0.25, 0.3) is 11.3 Å². The Morgan fingerprint density at radius 1 is 1.27 bits per heavy atom. The van der Waals surface area contributed by atoms with E-state index in [9.17, 15) is 4.39 Å². The summed E-state index contributed by atoms with van der Waals surface area (Å²) in [4.78, 5) is 8.35. The number of thioether (sulfide) groups is 1. The van der Waals surface area contributed by atoms with E-state index < -0.39 is 0 Å². The van der Waals surface area contributed by atoms with E-state index in [0.717, 1.165) is 11.3 Å². The number of hydrogen-bond donors (Lipinski definition) is 0. The summed E-state index contributed by atoms with van der Waals surface area (Å²) in [7, 11) is 0. The number of aromatic nitrogens is 2. The Labute approximate surface area is 91.6 Å². The number of rotatable bonds is 2. The predicted octanol–water partition coefficient (Wildman–Crippen LogP) is 3.00. The zero-order chi connectivity index (χ0) is 10.7. The fourth-order valence-electron chi connectivity index (χ4n) is 1.25. The Bertz CT molecular complexity index is 474. The summed E-state index contributed by atoms with van der Waals surface area (Å²) in [6, 6.07) is 8.15. The van der Waals surface area contributed by atoms with Crippen LogP contribution in [0.1, 0.15) is 0 Å². The monoisotopic (exact) mass is 220 g/mol. The highest BCUT2D eigenvalue weighted by atomic mass is 32.2. The summed E-state index contributed by atoms with van der Waals surface area (Å²) < 4.78 is 13.0. The molecule has 4 heteroatoms. The molecule has 76 valence electrons. The minimum atomic E-state index is -0.253. The van der Waals surface area contributed by atoms with Crippen LogP contribution in [0.2, 0.25) is 0 Å². The Balaban J connectivity index is 2.44. The van der Waals surface area contributed by atoms with Gasteiger partial charge in [-0.05, 0) is 24.5 Å². The lowest BCUT2D eigenvalue weighted by atomic mass is 10.1. The molecule has 0 bridgehead atoms. The lowest BCUT2D eigenvalue weighted by Gasteiger charge is -2.01. The van der Waals surface area contributed by atoms with E-state index in [1.54, 1.807) is 18.3 Å². The highest BCUT2D eigenvalue weighted by molar-refractivity contribution is 7.98. The van der Waals surface area contributed by atoms with E-state index in [4.69, 9.17) is 0 Å². The second kappa shape index (κ2) is 4.40. The molecule has 0 saturated carbocycles. The van der Waals surface area contributed by atoms with E-state index in [2.05, 4.69) is 9.97 Å². The van der Waals surface area contributed by atoms with Crippen LogP contribution < -0.4 is 0 Å². The molecule has 0 unspecified atom stereocenters. The van der Waals surface area contributed by atoms with Gasteiger partial charge in [-0.3, -0.25) is 0 Å². The van der Waals surface area contributed by atoms with Gasteiger partial charge in [-0.1, -0.05) is 23.9 Å². The molecule has 0 aliphatic carbocycles. The Kier molecular flexibility index (Phi) is 2.97. The highest BCUT2D eigenvalue weighted by Gasteiger charge is 2.02. The minimum absolute atomic E-state index is 0.253. The van der Waals surface area contributed by atoms with Gasteiger partial charge in [-0.25, -0.2) is 14.4 Å². The van der Waals surface area contributed by atoms with Crippen LogP contribution in [0, 0.1) is 5.82 Å². The fraction of sp³-hybridized carbons (Fsp3) is 0.0909. The van der Waals surface area contributed by atoms with Crippen molar-refractivity contribution in [3.05, 3.63) is 42.3 Å². The molecule has 0 radical (unpaired) electrons. The van der Waals surface area contributed by atoms with Crippen molar-refractivity contribution in [2.45, 2.75) is 5.16 Å². The van der Waals surface area contributed by atoms with Crippen LogP contribution in [0.3, 0.4) is 0 Å². The van der Waals surface area contributed by atoms with Crippen LogP contribution in [-0.4, -0.2) is 16.2 Å². The van der Waals surface area contributed by atoms with Gasteiger partial charge in [0.25, 0.3) is 0 Å². The largest absolute Gasteiger partial charge is 0.231 e. The first-order chi connectivity index (χ1) is 7.29. The topological polar surface area (TPSA) is 25.8 Å². The molecule has 15 heavy (non-hydrogen) atoms. The van der Waals surface area contributed by atoms with Crippen molar-refractivity contribution in [2.75, 3.05) is 6.26 Å². The van der Waals surface area contributed by atoms with Crippen LogP contribution in [0.5, 0.6) is 0 Å². The molecule has 0 spiro atoms. The SMILES string of the molecule is CSc1nccc(-c2cccc(F)c2)n1. The second-order valence-electron chi connectivity index (χ2n) is 2.94. The maximum Gasteiger partial charge on any atom is 0.187 e. The standard InChI is InChI=1S/C11H9FN2S/c1-15-11-13-6-5-10(14-11)8-3-2-4-9(12)7-8/h2-7H,1H3. The van der Waals surface area contributed by atoms with Gasteiger partial charge < -0.3 is 0 Å². The highest BCUT2D eigenvalue weighted by Crippen LogP contribution is 2.19. The number of nitrogens with zero attached hydrogens (tertiary/aromatic N) is 2. The number of benzene rings is 1. The maximum absolute atomic E-state index is 13.0. The summed E-state index contributed by atoms with van der Waals surface area (Å²) in [5, 5.41) is 0.691. The second-order valence-corrected chi connectivity index (χ2v) is 3.71. The summed E-state index contributed by atoms with van der Waals surface area (Å²) in [6.07, 6.45) is 3.59. The molecule has 1 aromatic heterocycles. The molecule has 2 rings (SSSR count). The van der Waals surface area contributed by atoms with E-state index in [-0.39, 0.29) is 5.82 Å². The van der Waals surface area contributed by atoms with Crippen molar-refractivity contribution in [3.63, 3.8) is 0 Å². The Morgan fingerprint density at radius 3 is 2.87 bits per heavy atom. The third kappa shape index (κ3) is 2.33. The Hall–Kier alpha value is -1.42. The zero-order valence-corrected chi connectivity index (χ0v) is 8.96. The molecule has 1 aromatic carbocycles. The molecular weight excluding hydrogens is 211 g/mol. The molecular formula is C11H9FN2S. The molecule has 2 aromatic rings. The van der Waals surface area contributed by atoms with Crippen molar-refractivity contribution >= 4 is 11.8 Å². The summed E-state index contributed by atoms with van der Waals surface area (Å²) in [5.74, 6) is -0.253. The average Bonchev–Trinajstić information content (AvgIpc) is 2.29. The van der Waals surface area contributed by atoms with Crippen molar-refractivity contribution in [1.29, 1.82) is 0 Å². The smallest absolute Gasteiger partial charge is 0.187 e. The van der Waals surface area contributed by atoms with Gasteiger partial charge in [0.1, 0.15) is 5.82 Å². The van der Waals surface area contributed by atoms with Crippen molar-refractivity contribution < 1.29 is 4.39 Å². The first-order valence-corrected chi connectivity index (χ1v) is 5.65. The molecule has 0 aliphatic rings. The quantitative estimate of drug-likeness (QED) is 0.574. The van der Waals surface area contributed by atoms with Gasteiger partial charge in [0.2, 0.25) is 0 Å².